The highest BCUT2D eigenvalue weighted by atomic mass is 16.6. The maximum atomic E-state index is 12.9. The molecule has 1 aromatic carbocycles. The van der Waals surface area contributed by atoms with Gasteiger partial charge in [0, 0.05) is 31.0 Å². The molecule has 0 bridgehead atoms. The average molecular weight is 323 g/mol. The highest BCUT2D eigenvalue weighted by Crippen LogP contribution is 2.33. The molecular weight excluding hydrogens is 306 g/mol. The lowest BCUT2D eigenvalue weighted by atomic mass is 10.2. The monoisotopic (exact) mass is 323 g/mol. The summed E-state index contributed by atoms with van der Waals surface area (Å²) >= 11 is 0. The first-order chi connectivity index (χ1) is 11.8. The summed E-state index contributed by atoms with van der Waals surface area (Å²) in [6, 6.07) is 9.36. The summed E-state index contributed by atoms with van der Waals surface area (Å²) in [5, 5.41) is 9.38. The zero-order valence-electron chi connectivity index (χ0n) is 13.2. The third kappa shape index (κ3) is 2.38. The first kappa shape index (κ1) is 14.6. The van der Waals surface area contributed by atoms with Gasteiger partial charge in [0.05, 0.1) is 5.56 Å². The molecule has 1 amide bonds. The summed E-state index contributed by atoms with van der Waals surface area (Å²) < 4.78 is 12.9. The number of benzene rings is 1. The van der Waals surface area contributed by atoms with Gasteiger partial charge in [0.25, 0.3) is 5.91 Å². The molecule has 0 spiro atoms. The van der Waals surface area contributed by atoms with Gasteiger partial charge in [-0.3, -0.25) is 4.79 Å². The molecule has 0 radical (unpaired) electrons. The Morgan fingerprint density at radius 1 is 1.08 bits per heavy atom. The van der Waals surface area contributed by atoms with Crippen molar-refractivity contribution in [1.29, 1.82) is 5.26 Å². The van der Waals surface area contributed by atoms with E-state index >= 15 is 0 Å². The van der Waals surface area contributed by atoms with Gasteiger partial charge < -0.3 is 18.9 Å². The van der Waals surface area contributed by atoms with E-state index in [1.807, 2.05) is 23.1 Å². The van der Waals surface area contributed by atoms with Gasteiger partial charge in [0.15, 0.2) is 11.5 Å². The third-order valence-electron chi connectivity index (χ3n) is 4.41. The van der Waals surface area contributed by atoms with Crippen molar-refractivity contribution in [3.05, 3.63) is 41.7 Å². The molecule has 0 unspecified atom stereocenters. The molecule has 1 saturated heterocycles. The van der Waals surface area contributed by atoms with Crippen LogP contribution in [0.25, 0.3) is 5.69 Å². The molecule has 1 aromatic heterocycles. The highest BCUT2D eigenvalue weighted by Gasteiger charge is 2.26. The number of hydrogen-bond donors (Lipinski definition) is 0. The van der Waals surface area contributed by atoms with Crippen molar-refractivity contribution in [2.45, 2.75) is 12.8 Å². The van der Waals surface area contributed by atoms with E-state index in [1.165, 1.54) is 0 Å². The van der Waals surface area contributed by atoms with E-state index in [-0.39, 0.29) is 5.91 Å². The molecule has 6 heteroatoms. The van der Waals surface area contributed by atoms with Gasteiger partial charge in [-0.05, 0) is 31.0 Å². The molecule has 2 aliphatic rings. The molecule has 0 aliphatic carbocycles. The summed E-state index contributed by atoms with van der Waals surface area (Å²) in [4.78, 5) is 14.7. The van der Waals surface area contributed by atoms with E-state index in [2.05, 4.69) is 6.07 Å². The molecule has 122 valence electrons. The number of rotatable bonds is 2. The van der Waals surface area contributed by atoms with E-state index < -0.39 is 0 Å². The maximum absolute atomic E-state index is 12.9. The molecule has 24 heavy (non-hydrogen) atoms. The number of ether oxygens (including phenoxy) is 2. The van der Waals surface area contributed by atoms with Crippen LogP contribution in [0.1, 0.15) is 28.9 Å². The van der Waals surface area contributed by atoms with Crippen LogP contribution in [0.5, 0.6) is 11.5 Å². The number of fused-ring (bicyclic) bond motifs is 1. The molecule has 2 aromatic rings. The van der Waals surface area contributed by atoms with E-state index in [9.17, 15) is 10.1 Å². The number of carbonyl (C=O) groups is 1. The molecule has 0 saturated carbocycles. The van der Waals surface area contributed by atoms with Crippen LogP contribution in [0, 0.1) is 11.3 Å². The van der Waals surface area contributed by atoms with Gasteiger partial charge in [-0.1, -0.05) is 0 Å². The lowest BCUT2D eigenvalue weighted by Gasteiger charge is -2.20. The first-order valence-corrected chi connectivity index (χ1v) is 8.08. The van der Waals surface area contributed by atoms with Gasteiger partial charge in [0.2, 0.25) is 0 Å². The second-order valence-electron chi connectivity index (χ2n) is 5.89. The van der Waals surface area contributed by atoms with Crippen molar-refractivity contribution in [3.63, 3.8) is 0 Å². The van der Waals surface area contributed by atoms with Gasteiger partial charge in [0.1, 0.15) is 25.0 Å². The van der Waals surface area contributed by atoms with Crippen LogP contribution >= 0.6 is 0 Å². The van der Waals surface area contributed by atoms with E-state index in [4.69, 9.17) is 9.47 Å². The van der Waals surface area contributed by atoms with Crippen molar-refractivity contribution in [2.24, 2.45) is 0 Å². The minimum Gasteiger partial charge on any atom is -0.486 e. The molecule has 1 fully saturated rings. The molecule has 2 aliphatic heterocycles. The number of nitriles is 1. The van der Waals surface area contributed by atoms with Crippen molar-refractivity contribution < 1.29 is 14.3 Å². The van der Waals surface area contributed by atoms with Crippen molar-refractivity contribution in [3.8, 4) is 23.3 Å². The standard InChI is InChI=1S/C18H17N3O3/c19-12-13-5-8-21(17(13)18(22)20-6-1-2-7-20)14-3-4-15-16(11-14)24-10-9-23-15/h3-5,8,11H,1-2,6-7,9-10H2. The smallest absolute Gasteiger partial charge is 0.272 e. The van der Waals surface area contributed by atoms with Crippen LogP contribution in [0.15, 0.2) is 30.5 Å². The van der Waals surface area contributed by atoms with Crippen LogP contribution in [0.4, 0.5) is 0 Å². The predicted molar refractivity (Wildman–Crippen MR) is 86.6 cm³/mol. The Kier molecular flexibility index (Phi) is 3.62. The molecule has 0 N–H and O–H groups in total. The predicted octanol–water partition coefficient (Wildman–Crippen LogP) is 2.36. The Bertz CT molecular complexity index is 829. The number of hydrogen-bond acceptors (Lipinski definition) is 4. The Labute approximate surface area is 139 Å². The second kappa shape index (κ2) is 5.93. The Morgan fingerprint density at radius 2 is 1.83 bits per heavy atom. The van der Waals surface area contributed by atoms with Gasteiger partial charge >= 0.3 is 0 Å². The lowest BCUT2D eigenvalue weighted by molar-refractivity contribution is 0.0784. The summed E-state index contributed by atoms with van der Waals surface area (Å²) in [5.74, 6) is 1.26. The lowest BCUT2D eigenvalue weighted by Crippen LogP contribution is -2.30. The third-order valence-corrected chi connectivity index (χ3v) is 4.41. The molecule has 3 heterocycles. The molecule has 0 atom stereocenters. The van der Waals surface area contributed by atoms with Crippen LogP contribution in [-0.2, 0) is 0 Å². The fourth-order valence-corrected chi connectivity index (χ4v) is 3.21. The molecular formula is C18H17N3O3. The minimum atomic E-state index is -0.0936. The van der Waals surface area contributed by atoms with Gasteiger partial charge in [-0.2, -0.15) is 5.26 Å². The van der Waals surface area contributed by atoms with Crippen molar-refractivity contribution in [2.75, 3.05) is 26.3 Å². The number of carbonyl (C=O) groups excluding carboxylic acids is 1. The normalized spacial score (nSPS) is 16.0. The number of nitrogens with zero attached hydrogens (tertiary/aromatic N) is 3. The maximum Gasteiger partial charge on any atom is 0.272 e. The second-order valence-corrected chi connectivity index (χ2v) is 5.89. The van der Waals surface area contributed by atoms with Crippen LogP contribution < -0.4 is 9.47 Å². The zero-order chi connectivity index (χ0) is 16.5. The van der Waals surface area contributed by atoms with Gasteiger partial charge in [-0.15, -0.1) is 0 Å². The topological polar surface area (TPSA) is 67.5 Å². The fourth-order valence-electron chi connectivity index (χ4n) is 3.21. The summed E-state index contributed by atoms with van der Waals surface area (Å²) in [6.45, 7) is 2.53. The minimum absolute atomic E-state index is 0.0936. The first-order valence-electron chi connectivity index (χ1n) is 8.08. The number of amides is 1. The van der Waals surface area contributed by atoms with Crippen molar-refractivity contribution in [1.82, 2.24) is 9.47 Å². The Balaban J connectivity index is 1.77. The number of likely N-dealkylation sites (tertiary alicyclic amines) is 1. The SMILES string of the molecule is N#Cc1ccn(-c2ccc3c(c2)OCCO3)c1C(=O)N1CCCC1. The Morgan fingerprint density at radius 3 is 2.58 bits per heavy atom. The van der Waals surface area contributed by atoms with Crippen LogP contribution in [0.3, 0.4) is 0 Å². The summed E-state index contributed by atoms with van der Waals surface area (Å²) in [5.41, 5.74) is 1.58. The van der Waals surface area contributed by atoms with E-state index in [0.717, 1.165) is 31.6 Å². The zero-order valence-corrected chi connectivity index (χ0v) is 13.2. The van der Waals surface area contributed by atoms with Crippen LogP contribution in [-0.4, -0.2) is 41.7 Å². The highest BCUT2D eigenvalue weighted by molar-refractivity contribution is 5.96. The summed E-state index contributed by atoms with van der Waals surface area (Å²) in [6.07, 6.45) is 3.78. The molecule has 4 rings (SSSR count). The Hall–Kier alpha value is -2.94. The van der Waals surface area contributed by atoms with E-state index in [1.54, 1.807) is 16.8 Å². The largest absolute Gasteiger partial charge is 0.486 e. The summed E-state index contributed by atoms with van der Waals surface area (Å²) in [7, 11) is 0. The van der Waals surface area contributed by atoms with E-state index in [0.29, 0.717) is 36.0 Å². The average Bonchev–Trinajstić information content (AvgIpc) is 3.30. The fraction of sp³-hybridized carbons (Fsp3) is 0.333. The van der Waals surface area contributed by atoms with Crippen LogP contribution in [0.2, 0.25) is 0 Å². The van der Waals surface area contributed by atoms with Crippen molar-refractivity contribution >= 4 is 5.91 Å². The molecule has 6 nitrogen and oxygen atoms in total. The quantitative estimate of drug-likeness (QED) is 0.851. The van der Waals surface area contributed by atoms with Gasteiger partial charge in [-0.25, -0.2) is 0 Å². The number of aromatic nitrogens is 1.